The molecule has 0 amide bonds. The molecule has 0 unspecified atom stereocenters. The highest BCUT2D eigenvalue weighted by Gasteiger charge is 2.19. The number of rotatable bonds is 12. The summed E-state index contributed by atoms with van der Waals surface area (Å²) in [5, 5.41) is 0. The lowest BCUT2D eigenvalue weighted by Crippen LogP contribution is -2.32. The Labute approximate surface area is 230 Å². The standard InChI is InChI=1S/C34H35BN2Si/c1-5-15-28(16-6-1)32(29-17-7-2-8-18-29)23-13-14-26-38-27-37-25-24-36-34(37)35-33(30-19-9-3-10-20-30)31-21-11-4-12-22-31/h1-12,14-22,24-26,32-33,35H,13,23,27,38H2. The average molecular weight is 511 g/mol. The zero-order valence-corrected chi connectivity index (χ0v) is 23.4. The maximum Gasteiger partial charge on any atom is 0.217 e. The average Bonchev–Trinajstić information content (AvgIpc) is 3.44. The fourth-order valence-electron chi connectivity index (χ4n) is 5.32. The quantitative estimate of drug-likeness (QED) is 0.189. The lowest BCUT2D eigenvalue weighted by molar-refractivity contribution is 0.728. The summed E-state index contributed by atoms with van der Waals surface area (Å²) in [6, 6.07) is 43.5. The van der Waals surface area contributed by atoms with Crippen LogP contribution in [0.5, 0.6) is 0 Å². The summed E-state index contributed by atoms with van der Waals surface area (Å²) in [7, 11) is 0.545. The van der Waals surface area contributed by atoms with Crippen LogP contribution in [-0.4, -0.2) is 26.4 Å². The SMILES string of the molecule is B(c1nccn1C[SiH2]C=CCCC(c1ccccc1)c1ccccc1)C(c1ccccc1)c1ccccc1. The second-order valence-electron chi connectivity index (χ2n) is 9.83. The largest absolute Gasteiger partial charge is 0.346 e. The third-order valence-corrected chi connectivity index (χ3v) is 8.73. The highest BCUT2D eigenvalue weighted by Crippen LogP contribution is 2.29. The van der Waals surface area contributed by atoms with Crippen molar-refractivity contribution in [3.8, 4) is 0 Å². The Balaban J connectivity index is 1.19. The van der Waals surface area contributed by atoms with E-state index < -0.39 is 0 Å². The van der Waals surface area contributed by atoms with E-state index in [4.69, 9.17) is 4.98 Å². The van der Waals surface area contributed by atoms with Gasteiger partial charge in [-0.25, -0.2) is 0 Å². The van der Waals surface area contributed by atoms with Crippen LogP contribution in [0.15, 0.2) is 145 Å². The molecule has 0 aliphatic carbocycles. The van der Waals surface area contributed by atoms with E-state index in [9.17, 15) is 0 Å². The van der Waals surface area contributed by atoms with Crippen LogP contribution in [0, 0.1) is 0 Å². The number of hydrogen-bond acceptors (Lipinski definition) is 1. The third kappa shape index (κ3) is 6.90. The highest BCUT2D eigenvalue weighted by molar-refractivity contribution is 6.54. The van der Waals surface area contributed by atoms with E-state index in [-0.39, 0.29) is 9.52 Å². The molecule has 38 heavy (non-hydrogen) atoms. The minimum Gasteiger partial charge on any atom is -0.346 e. The van der Waals surface area contributed by atoms with Crippen molar-refractivity contribution in [2.24, 2.45) is 0 Å². The number of allylic oxidation sites excluding steroid dienone is 1. The van der Waals surface area contributed by atoms with Gasteiger partial charge in [0.1, 0.15) is 0 Å². The first-order valence-corrected chi connectivity index (χ1v) is 15.5. The molecule has 0 saturated carbocycles. The Hall–Kier alpha value is -3.89. The molecule has 4 aromatic carbocycles. The number of imidazole rings is 1. The molecule has 0 fully saturated rings. The Bertz CT molecular complexity index is 1310. The molecule has 5 rings (SSSR count). The fraction of sp³-hybridized carbons (Fsp3) is 0.147. The van der Waals surface area contributed by atoms with Crippen LogP contribution in [0.1, 0.15) is 46.8 Å². The summed E-state index contributed by atoms with van der Waals surface area (Å²) >= 11 is 0. The molecule has 0 saturated heterocycles. The first-order chi connectivity index (χ1) is 18.9. The van der Waals surface area contributed by atoms with Crippen LogP contribution < -0.4 is 5.72 Å². The summed E-state index contributed by atoms with van der Waals surface area (Å²) in [5.74, 6) is 0.750. The van der Waals surface area contributed by atoms with Gasteiger partial charge in [0.05, 0.1) is 15.2 Å². The molecule has 1 heterocycles. The van der Waals surface area contributed by atoms with Crippen molar-refractivity contribution in [1.29, 1.82) is 0 Å². The second-order valence-corrected chi connectivity index (χ2v) is 11.3. The van der Waals surface area contributed by atoms with E-state index in [0.29, 0.717) is 11.7 Å². The topological polar surface area (TPSA) is 17.8 Å². The third-order valence-electron chi connectivity index (χ3n) is 7.32. The monoisotopic (exact) mass is 510 g/mol. The van der Waals surface area contributed by atoms with Gasteiger partial charge >= 0.3 is 0 Å². The van der Waals surface area contributed by atoms with E-state index >= 15 is 0 Å². The van der Waals surface area contributed by atoms with Crippen molar-refractivity contribution in [2.75, 3.05) is 0 Å². The number of aromatic nitrogens is 2. The molecule has 188 valence electrons. The first-order valence-electron chi connectivity index (χ1n) is 13.7. The van der Waals surface area contributed by atoms with E-state index in [0.717, 1.165) is 26.3 Å². The molecule has 0 N–H and O–H groups in total. The van der Waals surface area contributed by atoms with Crippen molar-refractivity contribution < 1.29 is 0 Å². The molecule has 0 spiro atoms. The van der Waals surface area contributed by atoms with Crippen molar-refractivity contribution in [2.45, 2.75) is 30.7 Å². The molecule has 0 aliphatic rings. The molecule has 1 aromatic heterocycles. The van der Waals surface area contributed by atoms with Gasteiger partial charge in [0.25, 0.3) is 0 Å². The molecule has 4 heteroatoms. The maximum atomic E-state index is 4.77. The van der Waals surface area contributed by atoms with E-state index in [1.165, 1.54) is 28.0 Å². The summed E-state index contributed by atoms with van der Waals surface area (Å²) < 4.78 is 2.38. The van der Waals surface area contributed by atoms with Gasteiger partial charge in [0, 0.05) is 24.5 Å². The number of nitrogens with zero attached hydrogens (tertiary/aromatic N) is 2. The van der Waals surface area contributed by atoms with Crippen LogP contribution in [0.25, 0.3) is 0 Å². The molecule has 2 nitrogen and oxygen atoms in total. The van der Waals surface area contributed by atoms with Crippen LogP contribution in [0.3, 0.4) is 0 Å². The van der Waals surface area contributed by atoms with Crippen molar-refractivity contribution in [1.82, 2.24) is 9.55 Å². The predicted octanol–water partition coefficient (Wildman–Crippen LogP) is 5.99. The smallest absolute Gasteiger partial charge is 0.217 e. The summed E-state index contributed by atoms with van der Waals surface area (Å²) in [6.07, 6.45) is 9.85. The summed E-state index contributed by atoms with van der Waals surface area (Å²) in [6.45, 7) is 0. The van der Waals surface area contributed by atoms with Crippen LogP contribution >= 0.6 is 0 Å². The lowest BCUT2D eigenvalue weighted by Gasteiger charge is -2.18. The molecular weight excluding hydrogens is 475 g/mol. The van der Waals surface area contributed by atoms with Gasteiger partial charge in [-0.15, -0.1) is 5.70 Å². The van der Waals surface area contributed by atoms with Crippen molar-refractivity contribution in [3.63, 3.8) is 0 Å². The number of hydrogen-bond donors (Lipinski definition) is 0. The van der Waals surface area contributed by atoms with Crippen LogP contribution in [0.4, 0.5) is 0 Å². The first kappa shape index (κ1) is 25.7. The Morgan fingerprint density at radius 1 is 0.684 bits per heavy atom. The van der Waals surface area contributed by atoms with Gasteiger partial charge in [0.15, 0.2) is 0 Å². The zero-order chi connectivity index (χ0) is 25.8. The molecule has 0 aliphatic heterocycles. The fourth-order valence-corrected chi connectivity index (χ4v) is 6.63. The Morgan fingerprint density at radius 2 is 1.18 bits per heavy atom. The number of benzene rings is 4. The molecule has 5 aromatic rings. The lowest BCUT2D eigenvalue weighted by atomic mass is 9.58. The Kier molecular flexibility index (Phi) is 9.21. The van der Waals surface area contributed by atoms with Gasteiger partial charge in [-0.2, -0.15) is 0 Å². The highest BCUT2D eigenvalue weighted by atomic mass is 28.2. The van der Waals surface area contributed by atoms with Gasteiger partial charge < -0.3 is 4.57 Å². The predicted molar refractivity (Wildman–Crippen MR) is 165 cm³/mol. The normalized spacial score (nSPS) is 11.7. The van der Waals surface area contributed by atoms with E-state index in [1.807, 2.05) is 6.20 Å². The second kappa shape index (κ2) is 13.6. The molecule has 0 bridgehead atoms. The summed E-state index contributed by atoms with van der Waals surface area (Å²) in [4.78, 5) is 4.77. The van der Waals surface area contributed by atoms with E-state index in [1.54, 1.807) is 0 Å². The van der Waals surface area contributed by atoms with Gasteiger partial charge in [-0.05, 0) is 40.9 Å². The van der Waals surface area contributed by atoms with Crippen molar-refractivity contribution >= 4 is 22.5 Å². The van der Waals surface area contributed by atoms with Gasteiger partial charge in [-0.3, -0.25) is 4.98 Å². The van der Waals surface area contributed by atoms with Gasteiger partial charge in [0.2, 0.25) is 7.28 Å². The van der Waals surface area contributed by atoms with Crippen LogP contribution in [0.2, 0.25) is 0 Å². The van der Waals surface area contributed by atoms with Gasteiger partial charge in [-0.1, -0.05) is 127 Å². The minimum absolute atomic E-state index is 0.309. The van der Waals surface area contributed by atoms with Crippen molar-refractivity contribution in [3.05, 3.63) is 168 Å². The molecule has 0 atom stereocenters. The van der Waals surface area contributed by atoms with E-state index in [2.05, 4.69) is 144 Å². The zero-order valence-electron chi connectivity index (χ0n) is 21.9. The molecule has 0 radical (unpaired) electrons. The Morgan fingerprint density at radius 3 is 1.71 bits per heavy atom. The molecular formula is C34H35BN2Si. The summed E-state index contributed by atoms with van der Waals surface area (Å²) in [5.41, 5.74) is 9.14. The maximum absolute atomic E-state index is 4.77. The minimum atomic E-state index is -0.367. The van der Waals surface area contributed by atoms with Crippen LogP contribution in [-0.2, 0) is 6.17 Å².